The molecule has 0 aromatic heterocycles. The van der Waals surface area contributed by atoms with Gasteiger partial charge in [-0.05, 0) is 29.9 Å². The fraction of sp³-hybridized carbons (Fsp3) is 0.278. The zero-order valence-electron chi connectivity index (χ0n) is 12.7. The molecule has 1 atom stereocenters. The van der Waals surface area contributed by atoms with Gasteiger partial charge in [0, 0.05) is 4.90 Å². The number of rotatable bonds is 5. The van der Waals surface area contributed by atoms with Gasteiger partial charge in [-0.1, -0.05) is 56.3 Å². The highest BCUT2D eigenvalue weighted by molar-refractivity contribution is 7.98. The fourth-order valence-corrected chi connectivity index (χ4v) is 2.94. The number of hydrogen-bond acceptors (Lipinski definition) is 2. The monoisotopic (exact) mass is 299 g/mol. The van der Waals surface area contributed by atoms with Crippen molar-refractivity contribution in [3.05, 3.63) is 65.7 Å². The Bertz CT molecular complexity index is 595. The third-order valence-corrected chi connectivity index (χ3v) is 4.26. The van der Waals surface area contributed by atoms with Crippen molar-refractivity contribution >= 4 is 17.7 Å². The summed E-state index contributed by atoms with van der Waals surface area (Å²) in [6.45, 7) is 4.25. The molecule has 2 aromatic carbocycles. The lowest BCUT2D eigenvalue weighted by Gasteiger charge is -2.23. The molecule has 0 fully saturated rings. The summed E-state index contributed by atoms with van der Waals surface area (Å²) in [5.41, 5.74) is 1.88. The number of carbonyl (C=O) groups excluding carboxylic acids is 1. The summed E-state index contributed by atoms with van der Waals surface area (Å²) in [4.78, 5) is 13.6. The number of carbonyl (C=O) groups is 1. The molecular weight excluding hydrogens is 278 g/mol. The molecule has 2 nitrogen and oxygen atoms in total. The lowest BCUT2D eigenvalue weighted by Crippen LogP contribution is -2.32. The predicted molar refractivity (Wildman–Crippen MR) is 89.7 cm³/mol. The number of hydrogen-bond donors (Lipinski definition) is 1. The summed E-state index contributed by atoms with van der Waals surface area (Å²) < 4.78 is 0. The van der Waals surface area contributed by atoms with Gasteiger partial charge in [0.05, 0.1) is 11.6 Å². The molecular formula is C18H21NOS. The van der Waals surface area contributed by atoms with Crippen molar-refractivity contribution in [2.24, 2.45) is 5.92 Å². The molecule has 0 heterocycles. The highest BCUT2D eigenvalue weighted by atomic mass is 32.2. The Balaban J connectivity index is 2.23. The summed E-state index contributed by atoms with van der Waals surface area (Å²) in [6.07, 6.45) is 1.99. The summed E-state index contributed by atoms with van der Waals surface area (Å²) in [5, 5.41) is 3.17. The molecule has 110 valence electrons. The molecule has 2 aromatic rings. The van der Waals surface area contributed by atoms with Crippen LogP contribution in [-0.4, -0.2) is 12.2 Å². The van der Waals surface area contributed by atoms with Crippen LogP contribution in [0, 0.1) is 5.92 Å². The zero-order valence-corrected chi connectivity index (χ0v) is 13.5. The smallest absolute Gasteiger partial charge is 0.252 e. The Morgan fingerprint density at radius 1 is 1.00 bits per heavy atom. The SMILES string of the molecule is CSc1ccccc1C(=O)NC(c1ccccc1)C(C)C. The number of nitrogens with one attached hydrogen (secondary N) is 1. The first-order chi connectivity index (χ1) is 10.1. The molecule has 1 amide bonds. The zero-order chi connectivity index (χ0) is 15.2. The van der Waals surface area contributed by atoms with Crippen LogP contribution in [0.3, 0.4) is 0 Å². The van der Waals surface area contributed by atoms with E-state index < -0.39 is 0 Å². The minimum atomic E-state index is -0.0116. The van der Waals surface area contributed by atoms with Gasteiger partial charge >= 0.3 is 0 Å². The number of benzene rings is 2. The van der Waals surface area contributed by atoms with Crippen LogP contribution in [0.25, 0.3) is 0 Å². The Morgan fingerprint density at radius 3 is 2.24 bits per heavy atom. The molecule has 0 aliphatic rings. The van der Waals surface area contributed by atoms with E-state index in [0.717, 1.165) is 16.0 Å². The summed E-state index contributed by atoms with van der Waals surface area (Å²) in [7, 11) is 0. The van der Waals surface area contributed by atoms with E-state index >= 15 is 0 Å². The van der Waals surface area contributed by atoms with Gasteiger partial charge in [-0.3, -0.25) is 4.79 Å². The van der Waals surface area contributed by atoms with E-state index in [1.165, 1.54) is 0 Å². The van der Waals surface area contributed by atoms with Crippen molar-refractivity contribution in [1.29, 1.82) is 0 Å². The lowest BCUT2D eigenvalue weighted by molar-refractivity contribution is 0.0922. The van der Waals surface area contributed by atoms with E-state index in [4.69, 9.17) is 0 Å². The van der Waals surface area contributed by atoms with E-state index in [2.05, 4.69) is 31.3 Å². The van der Waals surface area contributed by atoms with Crippen molar-refractivity contribution in [1.82, 2.24) is 5.32 Å². The maximum atomic E-state index is 12.6. The molecule has 0 saturated heterocycles. The third-order valence-electron chi connectivity index (χ3n) is 3.46. The molecule has 3 heteroatoms. The van der Waals surface area contributed by atoms with E-state index in [1.54, 1.807) is 11.8 Å². The number of thioether (sulfide) groups is 1. The van der Waals surface area contributed by atoms with Crippen LogP contribution in [0.15, 0.2) is 59.5 Å². The first kappa shape index (κ1) is 15.6. The lowest BCUT2D eigenvalue weighted by atomic mass is 9.95. The topological polar surface area (TPSA) is 29.1 Å². The Morgan fingerprint density at radius 2 is 1.62 bits per heavy atom. The van der Waals surface area contributed by atoms with Gasteiger partial charge in [-0.15, -0.1) is 11.8 Å². The first-order valence-electron chi connectivity index (χ1n) is 7.12. The van der Waals surface area contributed by atoms with Gasteiger partial charge in [0.25, 0.3) is 5.91 Å². The molecule has 0 bridgehead atoms. The van der Waals surface area contributed by atoms with Gasteiger partial charge in [0.2, 0.25) is 0 Å². The van der Waals surface area contributed by atoms with Gasteiger partial charge in [-0.2, -0.15) is 0 Å². The van der Waals surface area contributed by atoms with Crippen molar-refractivity contribution in [3.63, 3.8) is 0 Å². The molecule has 21 heavy (non-hydrogen) atoms. The normalized spacial score (nSPS) is 12.2. The van der Waals surface area contributed by atoms with Gasteiger partial charge in [-0.25, -0.2) is 0 Å². The molecule has 1 N–H and O–H groups in total. The van der Waals surface area contributed by atoms with Crippen LogP contribution in [-0.2, 0) is 0 Å². The second-order valence-electron chi connectivity index (χ2n) is 5.31. The number of amides is 1. The summed E-state index contributed by atoms with van der Waals surface area (Å²) in [5.74, 6) is 0.320. The van der Waals surface area contributed by atoms with Crippen molar-refractivity contribution in [3.8, 4) is 0 Å². The Kier molecular flexibility index (Phi) is 5.45. The average molecular weight is 299 g/mol. The van der Waals surface area contributed by atoms with Gasteiger partial charge < -0.3 is 5.32 Å². The van der Waals surface area contributed by atoms with Crippen LogP contribution in [0.1, 0.15) is 35.8 Å². The second-order valence-corrected chi connectivity index (χ2v) is 6.15. The molecule has 0 radical (unpaired) electrons. The minimum absolute atomic E-state index is 0.0116. The van der Waals surface area contributed by atoms with Gasteiger partial charge in [0.15, 0.2) is 0 Å². The standard InChI is InChI=1S/C18H21NOS/c1-13(2)17(14-9-5-4-6-10-14)19-18(20)15-11-7-8-12-16(15)21-3/h4-13,17H,1-3H3,(H,19,20). The van der Waals surface area contributed by atoms with Crippen LogP contribution >= 0.6 is 11.8 Å². The molecule has 0 spiro atoms. The highest BCUT2D eigenvalue weighted by Crippen LogP contribution is 2.24. The molecule has 0 saturated carbocycles. The third kappa shape index (κ3) is 3.88. The Labute approximate surface area is 131 Å². The maximum Gasteiger partial charge on any atom is 0.252 e. The van der Waals surface area contributed by atoms with Crippen LogP contribution in [0.2, 0.25) is 0 Å². The van der Waals surface area contributed by atoms with E-state index in [0.29, 0.717) is 5.92 Å². The molecule has 0 aliphatic carbocycles. The maximum absolute atomic E-state index is 12.6. The van der Waals surface area contributed by atoms with Crippen molar-refractivity contribution in [2.75, 3.05) is 6.26 Å². The first-order valence-corrected chi connectivity index (χ1v) is 8.34. The summed E-state index contributed by atoms with van der Waals surface area (Å²) >= 11 is 1.59. The van der Waals surface area contributed by atoms with Crippen molar-refractivity contribution in [2.45, 2.75) is 24.8 Å². The molecule has 0 aliphatic heterocycles. The van der Waals surface area contributed by atoms with Gasteiger partial charge in [0.1, 0.15) is 0 Å². The van der Waals surface area contributed by atoms with Crippen LogP contribution < -0.4 is 5.32 Å². The van der Waals surface area contributed by atoms with E-state index in [9.17, 15) is 4.79 Å². The quantitative estimate of drug-likeness (QED) is 0.821. The highest BCUT2D eigenvalue weighted by Gasteiger charge is 2.20. The molecule has 1 unspecified atom stereocenters. The van der Waals surface area contributed by atoms with Crippen LogP contribution in [0.5, 0.6) is 0 Å². The van der Waals surface area contributed by atoms with Crippen molar-refractivity contribution < 1.29 is 4.79 Å². The predicted octanol–water partition coefficient (Wildman–Crippen LogP) is 4.54. The second kappa shape index (κ2) is 7.32. The Hall–Kier alpha value is -1.74. The largest absolute Gasteiger partial charge is 0.345 e. The van der Waals surface area contributed by atoms with E-state index in [1.807, 2.05) is 48.7 Å². The van der Waals surface area contributed by atoms with Crippen LogP contribution in [0.4, 0.5) is 0 Å². The van der Waals surface area contributed by atoms with E-state index in [-0.39, 0.29) is 11.9 Å². The molecule has 2 rings (SSSR count). The average Bonchev–Trinajstić information content (AvgIpc) is 2.52. The minimum Gasteiger partial charge on any atom is -0.345 e. The summed E-state index contributed by atoms with van der Waals surface area (Å²) in [6, 6.07) is 17.9. The fourth-order valence-electron chi connectivity index (χ4n) is 2.35.